The molecule has 0 bridgehead atoms. The zero-order valence-electron chi connectivity index (χ0n) is 7.34. The molecule has 1 aliphatic heterocycles. The van der Waals surface area contributed by atoms with E-state index < -0.39 is 0 Å². The first-order chi connectivity index (χ1) is 5.34. The molecule has 0 saturated carbocycles. The van der Waals surface area contributed by atoms with E-state index in [-0.39, 0.29) is 0 Å². The van der Waals surface area contributed by atoms with E-state index in [4.69, 9.17) is 5.11 Å². The number of hydrogen-bond acceptors (Lipinski definition) is 2. The van der Waals surface area contributed by atoms with Crippen LogP contribution < -0.4 is 5.32 Å². The summed E-state index contributed by atoms with van der Waals surface area (Å²) in [5, 5.41) is 12.1. The molecular weight excluding hydrogens is 138 g/mol. The molecule has 1 fully saturated rings. The molecule has 0 aromatic heterocycles. The molecule has 2 atom stereocenters. The van der Waals surface area contributed by atoms with E-state index in [9.17, 15) is 0 Å². The summed E-state index contributed by atoms with van der Waals surface area (Å²) in [6.45, 7) is 4.93. The summed E-state index contributed by atoms with van der Waals surface area (Å²) in [4.78, 5) is 0. The molecule has 2 unspecified atom stereocenters. The van der Waals surface area contributed by atoms with Gasteiger partial charge in [-0.25, -0.2) is 0 Å². The van der Waals surface area contributed by atoms with Gasteiger partial charge >= 0.3 is 0 Å². The highest BCUT2D eigenvalue weighted by atomic mass is 16.3. The molecule has 1 rings (SSSR count). The van der Waals surface area contributed by atoms with Gasteiger partial charge in [0.15, 0.2) is 0 Å². The first-order valence-electron chi connectivity index (χ1n) is 4.66. The minimum absolute atomic E-state index is 0.345. The summed E-state index contributed by atoms with van der Waals surface area (Å²) in [5.41, 5.74) is 0. The molecule has 0 amide bonds. The van der Waals surface area contributed by atoms with Crippen molar-refractivity contribution in [2.24, 2.45) is 11.8 Å². The van der Waals surface area contributed by atoms with Crippen molar-refractivity contribution >= 4 is 0 Å². The standard InChI is InChI=1S/C9H19NO/c1-8(4-6-11)9-3-2-5-10-7-9/h8-11H,2-7H2,1H3. The molecule has 0 aromatic carbocycles. The van der Waals surface area contributed by atoms with Crippen molar-refractivity contribution in [2.75, 3.05) is 19.7 Å². The second-order valence-corrected chi connectivity index (χ2v) is 3.60. The lowest BCUT2D eigenvalue weighted by molar-refractivity contribution is 0.207. The average Bonchev–Trinajstić information content (AvgIpc) is 2.07. The summed E-state index contributed by atoms with van der Waals surface area (Å²) in [5.74, 6) is 1.49. The van der Waals surface area contributed by atoms with Gasteiger partial charge in [0.05, 0.1) is 0 Å². The third-order valence-corrected chi connectivity index (χ3v) is 2.72. The molecule has 2 nitrogen and oxygen atoms in total. The highest BCUT2D eigenvalue weighted by molar-refractivity contribution is 4.73. The number of aliphatic hydroxyl groups excluding tert-OH is 1. The van der Waals surface area contributed by atoms with E-state index >= 15 is 0 Å². The van der Waals surface area contributed by atoms with E-state index in [0.29, 0.717) is 12.5 Å². The van der Waals surface area contributed by atoms with E-state index in [0.717, 1.165) is 18.9 Å². The molecule has 1 heterocycles. The van der Waals surface area contributed by atoms with Crippen LogP contribution in [0.5, 0.6) is 0 Å². The van der Waals surface area contributed by atoms with Crippen LogP contribution >= 0.6 is 0 Å². The summed E-state index contributed by atoms with van der Waals surface area (Å²) in [6.07, 6.45) is 3.61. The lowest BCUT2D eigenvalue weighted by atomic mass is 9.86. The van der Waals surface area contributed by atoms with Crippen molar-refractivity contribution in [1.82, 2.24) is 5.32 Å². The van der Waals surface area contributed by atoms with Crippen molar-refractivity contribution < 1.29 is 5.11 Å². The maximum atomic E-state index is 8.75. The number of nitrogens with one attached hydrogen (secondary N) is 1. The molecule has 1 saturated heterocycles. The monoisotopic (exact) mass is 157 g/mol. The van der Waals surface area contributed by atoms with Crippen molar-refractivity contribution in [3.05, 3.63) is 0 Å². The summed E-state index contributed by atoms with van der Waals surface area (Å²) in [7, 11) is 0. The van der Waals surface area contributed by atoms with Crippen LogP contribution in [0.3, 0.4) is 0 Å². The topological polar surface area (TPSA) is 32.3 Å². The Morgan fingerprint density at radius 2 is 2.45 bits per heavy atom. The van der Waals surface area contributed by atoms with Crippen LogP contribution in [-0.2, 0) is 0 Å². The summed E-state index contributed by atoms with van der Waals surface area (Å²) < 4.78 is 0. The molecule has 0 spiro atoms. The normalized spacial score (nSPS) is 28.4. The Bertz CT molecular complexity index is 99.7. The van der Waals surface area contributed by atoms with Crippen LogP contribution in [0.25, 0.3) is 0 Å². The third kappa shape index (κ3) is 2.80. The minimum atomic E-state index is 0.345. The molecule has 0 aromatic rings. The van der Waals surface area contributed by atoms with Crippen LogP contribution in [0, 0.1) is 11.8 Å². The Labute approximate surface area is 69.0 Å². The van der Waals surface area contributed by atoms with Crippen molar-refractivity contribution in [2.45, 2.75) is 26.2 Å². The number of aliphatic hydroxyl groups is 1. The predicted octanol–water partition coefficient (Wildman–Crippen LogP) is 1.00. The number of piperidine rings is 1. The van der Waals surface area contributed by atoms with Gasteiger partial charge in [0.1, 0.15) is 0 Å². The molecular formula is C9H19NO. The van der Waals surface area contributed by atoms with Crippen LogP contribution in [0.4, 0.5) is 0 Å². The van der Waals surface area contributed by atoms with Gasteiger partial charge in [-0.3, -0.25) is 0 Å². The highest BCUT2D eigenvalue weighted by Crippen LogP contribution is 2.21. The third-order valence-electron chi connectivity index (χ3n) is 2.72. The van der Waals surface area contributed by atoms with Gasteiger partial charge in [0.25, 0.3) is 0 Å². The van der Waals surface area contributed by atoms with Gasteiger partial charge in [-0.2, -0.15) is 0 Å². The highest BCUT2D eigenvalue weighted by Gasteiger charge is 2.18. The quantitative estimate of drug-likeness (QED) is 0.640. The predicted molar refractivity (Wildman–Crippen MR) is 46.5 cm³/mol. The van der Waals surface area contributed by atoms with E-state index in [2.05, 4.69) is 12.2 Å². The molecule has 1 aliphatic rings. The molecule has 2 N–H and O–H groups in total. The second kappa shape index (κ2) is 4.73. The Morgan fingerprint density at radius 1 is 1.64 bits per heavy atom. The molecule has 0 radical (unpaired) electrons. The Balaban J connectivity index is 2.21. The van der Waals surface area contributed by atoms with Gasteiger partial charge in [-0.15, -0.1) is 0 Å². The van der Waals surface area contributed by atoms with Crippen molar-refractivity contribution in [3.8, 4) is 0 Å². The van der Waals surface area contributed by atoms with Gasteiger partial charge in [0, 0.05) is 6.61 Å². The van der Waals surface area contributed by atoms with Gasteiger partial charge < -0.3 is 10.4 Å². The van der Waals surface area contributed by atoms with Gasteiger partial charge in [-0.05, 0) is 44.2 Å². The SMILES string of the molecule is CC(CCO)C1CCCNC1. The molecule has 0 aliphatic carbocycles. The van der Waals surface area contributed by atoms with Crippen LogP contribution in [0.2, 0.25) is 0 Å². The van der Waals surface area contributed by atoms with E-state index in [1.165, 1.54) is 19.4 Å². The smallest absolute Gasteiger partial charge is 0.0433 e. The van der Waals surface area contributed by atoms with Crippen LogP contribution in [0.15, 0.2) is 0 Å². The molecule has 66 valence electrons. The van der Waals surface area contributed by atoms with Crippen molar-refractivity contribution in [1.29, 1.82) is 0 Å². The summed E-state index contributed by atoms with van der Waals surface area (Å²) in [6, 6.07) is 0. The fourth-order valence-electron chi connectivity index (χ4n) is 1.80. The lowest BCUT2D eigenvalue weighted by Gasteiger charge is -2.27. The average molecular weight is 157 g/mol. The first-order valence-corrected chi connectivity index (χ1v) is 4.66. The Kier molecular flexibility index (Phi) is 3.87. The Morgan fingerprint density at radius 3 is 3.00 bits per heavy atom. The number of rotatable bonds is 3. The van der Waals surface area contributed by atoms with E-state index in [1.54, 1.807) is 0 Å². The maximum absolute atomic E-state index is 8.75. The Hall–Kier alpha value is -0.0800. The largest absolute Gasteiger partial charge is 0.396 e. The van der Waals surface area contributed by atoms with Gasteiger partial charge in [0.2, 0.25) is 0 Å². The lowest BCUT2D eigenvalue weighted by Crippen LogP contribution is -2.33. The molecule has 11 heavy (non-hydrogen) atoms. The molecule has 2 heteroatoms. The van der Waals surface area contributed by atoms with Crippen molar-refractivity contribution in [3.63, 3.8) is 0 Å². The van der Waals surface area contributed by atoms with Gasteiger partial charge in [-0.1, -0.05) is 6.92 Å². The zero-order valence-corrected chi connectivity index (χ0v) is 7.34. The first kappa shape index (κ1) is 9.01. The number of hydrogen-bond donors (Lipinski definition) is 2. The fourth-order valence-corrected chi connectivity index (χ4v) is 1.80. The second-order valence-electron chi connectivity index (χ2n) is 3.60. The summed E-state index contributed by atoms with van der Waals surface area (Å²) >= 11 is 0. The minimum Gasteiger partial charge on any atom is -0.396 e. The van der Waals surface area contributed by atoms with Crippen LogP contribution in [-0.4, -0.2) is 24.8 Å². The van der Waals surface area contributed by atoms with E-state index in [1.807, 2.05) is 0 Å². The fraction of sp³-hybridized carbons (Fsp3) is 1.00. The zero-order chi connectivity index (χ0) is 8.10. The van der Waals surface area contributed by atoms with Crippen LogP contribution in [0.1, 0.15) is 26.2 Å². The maximum Gasteiger partial charge on any atom is 0.0433 e.